The van der Waals surface area contributed by atoms with Crippen molar-refractivity contribution < 1.29 is 64.6 Å². The molecule has 0 aromatic rings. The van der Waals surface area contributed by atoms with Crippen LogP contribution in [0.25, 0.3) is 0 Å². The molecule has 9 N–H and O–H groups in total. The average Bonchev–Trinajstić information content (AvgIpc) is 3.39. The molecule has 2 rings (SSSR count). The first kappa shape index (κ1) is 66.3. The predicted octanol–water partition coefficient (Wildman–Crippen LogP) is 8.94. The Morgan fingerprint density at radius 3 is 1.45 bits per heavy atom. The normalized spacial score (nSPS) is 26.1. The molecule has 0 aliphatic carbocycles. The lowest BCUT2D eigenvalue weighted by Crippen LogP contribution is -2.65. The Morgan fingerprint density at radius 2 is 0.945 bits per heavy atom. The van der Waals surface area contributed by atoms with Crippen molar-refractivity contribution in [2.24, 2.45) is 0 Å². The van der Waals surface area contributed by atoms with Crippen LogP contribution in [0, 0.1) is 0 Å². The second-order valence-corrected chi connectivity index (χ2v) is 19.7. The van der Waals surface area contributed by atoms with Crippen LogP contribution in [-0.4, -0.2) is 140 Å². The standard InChI is InChI=1S/C59H101NO13/c1-3-5-7-9-11-13-15-16-17-18-19-20-21-22-23-24-25-26-27-28-29-30-31-32-33-35-37-39-41-43-51(64)60-47(48(63)42-40-38-36-34-14-12-10-8-6-4-2)46-70-58-56(69)54(67)57(50(45-62)72-58)73-59-55(68)53(66)52(65)49(44-61)71-59/h5,7,11,13,16-17,19-20,22-23,25-26,28-29,47-50,52-59,61-63,65-69H,3-4,6,8-10,12,14-15,18,21,24,27,30-46H2,1-2H3,(H,60,64)/b7-5-,13-11-,17-16-,20-19-,23-22-,26-25-,29-28-. The minimum absolute atomic E-state index is 0.224. The summed E-state index contributed by atoms with van der Waals surface area (Å²) in [6.07, 6.45) is 41.6. The Hall–Kier alpha value is -2.83. The SMILES string of the molecule is CC/C=C\C/C=C\C/C=C\C/C=C\C/C=C\C/C=C\C/C=C\CCCCCCCCCC(=O)NC(COC1OC(CO)C(OC2OC(CO)C(O)C(O)C2O)C(O)C1O)C(O)CCCCCCCCCCCC. The molecule has 2 aliphatic heterocycles. The van der Waals surface area contributed by atoms with E-state index in [2.05, 4.69) is 104 Å². The van der Waals surface area contributed by atoms with Gasteiger partial charge in [0.25, 0.3) is 0 Å². The quantitative estimate of drug-likeness (QED) is 0.0206. The van der Waals surface area contributed by atoms with E-state index in [4.69, 9.17) is 18.9 Å². The van der Waals surface area contributed by atoms with Gasteiger partial charge in [-0.2, -0.15) is 0 Å². The molecule has 12 unspecified atom stereocenters. The zero-order valence-electron chi connectivity index (χ0n) is 44.8. The molecule has 0 radical (unpaired) electrons. The first-order chi connectivity index (χ1) is 35.6. The molecule has 1 amide bonds. The van der Waals surface area contributed by atoms with Crippen LogP contribution in [0.15, 0.2) is 85.1 Å². The number of carbonyl (C=O) groups is 1. The molecule has 0 spiro atoms. The van der Waals surface area contributed by atoms with E-state index in [-0.39, 0.29) is 18.9 Å². The fourth-order valence-corrected chi connectivity index (χ4v) is 8.80. The minimum Gasteiger partial charge on any atom is -0.394 e. The summed E-state index contributed by atoms with van der Waals surface area (Å²) in [5, 5.41) is 86.9. The van der Waals surface area contributed by atoms with Gasteiger partial charge in [-0.05, 0) is 70.6 Å². The van der Waals surface area contributed by atoms with Gasteiger partial charge in [-0.1, -0.05) is 195 Å². The summed E-state index contributed by atoms with van der Waals surface area (Å²) in [6, 6.07) is -0.839. The maximum absolute atomic E-state index is 13.2. The Bertz CT molecular complexity index is 1550. The van der Waals surface area contributed by atoms with Crippen LogP contribution in [-0.2, 0) is 23.7 Å². The number of unbranched alkanes of at least 4 members (excludes halogenated alkanes) is 16. The van der Waals surface area contributed by atoms with Crippen molar-refractivity contribution in [3.8, 4) is 0 Å². The molecule has 0 aromatic carbocycles. The summed E-state index contributed by atoms with van der Waals surface area (Å²) < 4.78 is 22.7. The maximum atomic E-state index is 13.2. The number of amides is 1. The first-order valence-corrected chi connectivity index (χ1v) is 28.3. The van der Waals surface area contributed by atoms with Gasteiger partial charge >= 0.3 is 0 Å². The number of rotatable bonds is 43. The summed E-state index contributed by atoms with van der Waals surface area (Å²) in [5.74, 6) is -0.224. The van der Waals surface area contributed by atoms with E-state index in [0.717, 1.165) is 109 Å². The van der Waals surface area contributed by atoms with Gasteiger partial charge in [0.05, 0.1) is 32.0 Å². The van der Waals surface area contributed by atoms with Gasteiger partial charge in [0.1, 0.15) is 48.8 Å². The number of allylic oxidation sites excluding steroid dienone is 14. The molecule has 12 atom stereocenters. The van der Waals surface area contributed by atoms with Gasteiger partial charge in [-0.3, -0.25) is 4.79 Å². The third-order valence-electron chi connectivity index (χ3n) is 13.4. The van der Waals surface area contributed by atoms with E-state index in [9.17, 15) is 45.6 Å². The number of hydrogen-bond donors (Lipinski definition) is 9. The summed E-state index contributed by atoms with van der Waals surface area (Å²) in [7, 11) is 0. The topological polar surface area (TPSA) is 228 Å². The van der Waals surface area contributed by atoms with Gasteiger partial charge in [-0.25, -0.2) is 0 Å². The van der Waals surface area contributed by atoms with Crippen LogP contribution >= 0.6 is 0 Å². The zero-order valence-corrected chi connectivity index (χ0v) is 44.8. The molecule has 14 nitrogen and oxygen atoms in total. The van der Waals surface area contributed by atoms with Gasteiger partial charge in [0, 0.05) is 6.42 Å². The van der Waals surface area contributed by atoms with Crippen molar-refractivity contribution in [2.45, 2.75) is 261 Å². The molecule has 2 saturated heterocycles. The molecule has 2 aliphatic rings. The number of aliphatic hydroxyl groups excluding tert-OH is 8. The van der Waals surface area contributed by atoms with Crippen molar-refractivity contribution in [3.63, 3.8) is 0 Å². The summed E-state index contributed by atoms with van der Waals surface area (Å²) in [4.78, 5) is 13.2. The van der Waals surface area contributed by atoms with Crippen LogP contribution < -0.4 is 5.32 Å². The highest BCUT2D eigenvalue weighted by Crippen LogP contribution is 2.30. The van der Waals surface area contributed by atoms with Gasteiger partial charge in [0.2, 0.25) is 5.91 Å². The fourth-order valence-electron chi connectivity index (χ4n) is 8.80. The Morgan fingerprint density at radius 1 is 0.507 bits per heavy atom. The van der Waals surface area contributed by atoms with E-state index in [1.54, 1.807) is 0 Å². The summed E-state index contributed by atoms with van der Waals surface area (Å²) in [6.45, 7) is 2.69. The smallest absolute Gasteiger partial charge is 0.220 e. The highest BCUT2D eigenvalue weighted by molar-refractivity contribution is 5.76. The highest BCUT2D eigenvalue weighted by atomic mass is 16.7. The molecule has 420 valence electrons. The average molecular weight is 1030 g/mol. The second kappa shape index (κ2) is 44.3. The van der Waals surface area contributed by atoms with E-state index < -0.39 is 86.8 Å². The molecular formula is C59H101NO13. The number of carbonyl (C=O) groups excluding carboxylic acids is 1. The Balaban J connectivity index is 1.70. The van der Waals surface area contributed by atoms with Crippen molar-refractivity contribution in [2.75, 3.05) is 19.8 Å². The lowest BCUT2D eigenvalue weighted by atomic mass is 9.97. The minimum atomic E-state index is -1.79. The molecule has 73 heavy (non-hydrogen) atoms. The molecule has 0 saturated carbocycles. The number of hydrogen-bond acceptors (Lipinski definition) is 13. The summed E-state index contributed by atoms with van der Waals surface area (Å²) in [5.41, 5.74) is 0. The molecule has 0 aromatic heterocycles. The van der Waals surface area contributed by atoms with Crippen molar-refractivity contribution in [1.82, 2.24) is 5.32 Å². The van der Waals surface area contributed by atoms with Crippen LogP contribution in [0.4, 0.5) is 0 Å². The maximum Gasteiger partial charge on any atom is 0.220 e. The second-order valence-electron chi connectivity index (χ2n) is 19.7. The summed E-state index contributed by atoms with van der Waals surface area (Å²) >= 11 is 0. The van der Waals surface area contributed by atoms with E-state index in [1.165, 1.54) is 44.9 Å². The van der Waals surface area contributed by atoms with E-state index >= 15 is 0 Å². The van der Waals surface area contributed by atoms with E-state index in [1.807, 2.05) is 0 Å². The van der Waals surface area contributed by atoms with Crippen molar-refractivity contribution in [3.05, 3.63) is 85.1 Å². The van der Waals surface area contributed by atoms with Crippen molar-refractivity contribution in [1.29, 1.82) is 0 Å². The Labute approximate surface area is 440 Å². The first-order valence-electron chi connectivity index (χ1n) is 28.3. The predicted molar refractivity (Wildman–Crippen MR) is 290 cm³/mol. The molecule has 14 heteroatoms. The lowest BCUT2D eigenvalue weighted by molar-refractivity contribution is -0.359. The van der Waals surface area contributed by atoms with Gasteiger partial charge in [-0.15, -0.1) is 0 Å². The number of aliphatic hydroxyl groups is 8. The third kappa shape index (κ3) is 30.5. The number of ether oxygens (including phenoxy) is 4. The van der Waals surface area contributed by atoms with Gasteiger partial charge < -0.3 is 65.1 Å². The monoisotopic (exact) mass is 1030 g/mol. The van der Waals surface area contributed by atoms with Crippen LogP contribution in [0.5, 0.6) is 0 Å². The third-order valence-corrected chi connectivity index (χ3v) is 13.4. The van der Waals surface area contributed by atoms with Crippen molar-refractivity contribution >= 4 is 5.91 Å². The van der Waals surface area contributed by atoms with Crippen LogP contribution in [0.1, 0.15) is 187 Å². The lowest BCUT2D eigenvalue weighted by Gasteiger charge is -2.46. The molecule has 0 bridgehead atoms. The van der Waals surface area contributed by atoms with E-state index in [0.29, 0.717) is 12.8 Å². The van der Waals surface area contributed by atoms with Gasteiger partial charge in [0.15, 0.2) is 12.6 Å². The number of nitrogens with one attached hydrogen (secondary N) is 1. The van der Waals surface area contributed by atoms with Crippen LogP contribution in [0.2, 0.25) is 0 Å². The largest absolute Gasteiger partial charge is 0.394 e. The fraction of sp³-hybridized carbons (Fsp3) is 0.746. The zero-order chi connectivity index (χ0) is 53.2. The molecule has 2 heterocycles. The molecular weight excluding hydrogens is 931 g/mol. The van der Waals surface area contributed by atoms with Crippen LogP contribution in [0.3, 0.4) is 0 Å². The Kier molecular flexibility index (Phi) is 40.2. The molecule has 2 fully saturated rings. The highest BCUT2D eigenvalue weighted by Gasteiger charge is 2.51.